The zero-order chi connectivity index (χ0) is 14.0. The van der Waals surface area contributed by atoms with E-state index in [2.05, 4.69) is 5.32 Å². The number of rotatable bonds is 5. The monoisotopic (exact) mass is 264 g/mol. The number of carboxylic acids is 1. The Morgan fingerprint density at radius 2 is 2.21 bits per heavy atom. The first-order chi connectivity index (χ1) is 8.92. The van der Waals surface area contributed by atoms with Crippen LogP contribution in [0.3, 0.4) is 0 Å². The lowest BCUT2D eigenvalue weighted by molar-refractivity contribution is -0.384. The SMILES string of the molecule is Cc1ccc([N+](=O)[O-])cc1NC1(CC(=O)O)CCC1. The highest BCUT2D eigenvalue weighted by atomic mass is 16.6. The van der Waals surface area contributed by atoms with E-state index in [-0.39, 0.29) is 12.1 Å². The van der Waals surface area contributed by atoms with Crippen molar-refractivity contribution in [2.45, 2.75) is 38.1 Å². The van der Waals surface area contributed by atoms with E-state index < -0.39 is 16.4 Å². The predicted molar refractivity (Wildman–Crippen MR) is 70.3 cm³/mol. The molecule has 0 heterocycles. The van der Waals surface area contributed by atoms with Crippen LogP contribution in [-0.4, -0.2) is 21.5 Å². The van der Waals surface area contributed by atoms with E-state index in [4.69, 9.17) is 5.11 Å². The van der Waals surface area contributed by atoms with Crippen molar-refractivity contribution in [3.63, 3.8) is 0 Å². The fourth-order valence-corrected chi connectivity index (χ4v) is 2.38. The molecule has 102 valence electrons. The molecule has 0 amide bonds. The highest BCUT2D eigenvalue weighted by molar-refractivity contribution is 5.70. The molecule has 1 aliphatic rings. The summed E-state index contributed by atoms with van der Waals surface area (Å²) in [6, 6.07) is 4.59. The second-order valence-corrected chi connectivity index (χ2v) is 5.09. The highest BCUT2D eigenvalue weighted by Gasteiger charge is 2.39. The number of aliphatic carboxylic acids is 1. The van der Waals surface area contributed by atoms with Crippen molar-refractivity contribution in [2.24, 2.45) is 0 Å². The average molecular weight is 264 g/mol. The quantitative estimate of drug-likeness (QED) is 0.630. The van der Waals surface area contributed by atoms with Crippen LogP contribution in [0.1, 0.15) is 31.2 Å². The number of hydrogen-bond acceptors (Lipinski definition) is 4. The van der Waals surface area contributed by atoms with Gasteiger partial charge in [0.1, 0.15) is 0 Å². The standard InChI is InChI=1S/C13H16N2O4/c1-9-3-4-10(15(18)19)7-11(9)14-13(5-2-6-13)8-12(16)17/h3-4,7,14H,2,5-6,8H2,1H3,(H,16,17). The molecule has 2 rings (SSSR count). The van der Waals surface area contributed by atoms with E-state index in [9.17, 15) is 14.9 Å². The first kappa shape index (κ1) is 13.3. The number of anilines is 1. The summed E-state index contributed by atoms with van der Waals surface area (Å²) >= 11 is 0. The number of nitrogens with one attached hydrogen (secondary N) is 1. The molecule has 0 atom stereocenters. The topological polar surface area (TPSA) is 92.5 Å². The maximum Gasteiger partial charge on any atom is 0.305 e. The number of nitro groups is 1. The van der Waals surface area contributed by atoms with Crippen molar-refractivity contribution >= 4 is 17.3 Å². The van der Waals surface area contributed by atoms with Gasteiger partial charge < -0.3 is 10.4 Å². The van der Waals surface area contributed by atoms with Crippen molar-refractivity contribution in [3.05, 3.63) is 33.9 Å². The lowest BCUT2D eigenvalue weighted by atomic mass is 9.74. The van der Waals surface area contributed by atoms with Gasteiger partial charge in [-0.25, -0.2) is 0 Å². The Labute approximate surface area is 110 Å². The predicted octanol–water partition coefficient (Wildman–Crippen LogP) is 2.71. The number of benzene rings is 1. The minimum absolute atomic E-state index is 0.0119. The molecule has 1 fully saturated rings. The van der Waals surface area contributed by atoms with E-state index in [0.717, 1.165) is 24.8 Å². The van der Waals surface area contributed by atoms with Gasteiger partial charge in [0, 0.05) is 23.4 Å². The highest BCUT2D eigenvalue weighted by Crippen LogP contribution is 2.39. The van der Waals surface area contributed by atoms with Crippen LogP contribution in [0.4, 0.5) is 11.4 Å². The molecule has 0 aliphatic heterocycles. The van der Waals surface area contributed by atoms with E-state index in [0.29, 0.717) is 5.69 Å². The van der Waals surface area contributed by atoms with Crippen molar-refractivity contribution < 1.29 is 14.8 Å². The summed E-state index contributed by atoms with van der Waals surface area (Å²) in [5.41, 5.74) is 1.08. The smallest absolute Gasteiger partial charge is 0.305 e. The Balaban J connectivity index is 2.24. The molecular formula is C13H16N2O4. The molecule has 6 nitrogen and oxygen atoms in total. The molecule has 0 bridgehead atoms. The van der Waals surface area contributed by atoms with Gasteiger partial charge in [-0.1, -0.05) is 6.07 Å². The van der Waals surface area contributed by atoms with Crippen molar-refractivity contribution in [2.75, 3.05) is 5.32 Å². The Bertz CT molecular complexity index is 523. The summed E-state index contributed by atoms with van der Waals surface area (Å²) in [5.74, 6) is -0.852. The van der Waals surface area contributed by atoms with Crippen LogP contribution in [0.2, 0.25) is 0 Å². The summed E-state index contributed by atoms with van der Waals surface area (Å²) in [5, 5.41) is 22.9. The van der Waals surface area contributed by atoms with Gasteiger partial charge >= 0.3 is 5.97 Å². The van der Waals surface area contributed by atoms with Crippen molar-refractivity contribution in [3.8, 4) is 0 Å². The third-order valence-corrected chi connectivity index (χ3v) is 3.63. The van der Waals surface area contributed by atoms with Crippen LogP contribution in [-0.2, 0) is 4.79 Å². The molecule has 1 aliphatic carbocycles. The summed E-state index contributed by atoms with van der Waals surface area (Å²) < 4.78 is 0. The number of carboxylic acid groups (broad SMARTS) is 1. The van der Waals surface area contributed by atoms with E-state index in [1.54, 1.807) is 6.07 Å². The minimum atomic E-state index is -0.852. The summed E-state index contributed by atoms with van der Waals surface area (Å²) in [7, 11) is 0. The molecular weight excluding hydrogens is 248 g/mol. The number of carbonyl (C=O) groups is 1. The maximum atomic E-state index is 10.9. The molecule has 0 radical (unpaired) electrons. The fourth-order valence-electron chi connectivity index (χ4n) is 2.38. The molecule has 0 spiro atoms. The Morgan fingerprint density at radius 1 is 1.53 bits per heavy atom. The number of nitro benzene ring substituents is 1. The van der Waals surface area contributed by atoms with E-state index in [1.165, 1.54) is 12.1 Å². The lowest BCUT2D eigenvalue weighted by Gasteiger charge is -2.42. The minimum Gasteiger partial charge on any atom is -0.481 e. The zero-order valence-electron chi connectivity index (χ0n) is 10.7. The third-order valence-electron chi connectivity index (χ3n) is 3.63. The largest absolute Gasteiger partial charge is 0.481 e. The van der Waals surface area contributed by atoms with Gasteiger partial charge in [-0.2, -0.15) is 0 Å². The van der Waals surface area contributed by atoms with Crippen molar-refractivity contribution in [1.29, 1.82) is 0 Å². The number of aryl methyl sites for hydroxylation is 1. The van der Waals surface area contributed by atoms with Gasteiger partial charge in [-0.05, 0) is 31.7 Å². The summed E-state index contributed by atoms with van der Waals surface area (Å²) in [6.45, 7) is 1.85. The second-order valence-electron chi connectivity index (χ2n) is 5.09. The van der Waals surface area contributed by atoms with Crippen LogP contribution in [0.5, 0.6) is 0 Å². The molecule has 19 heavy (non-hydrogen) atoms. The normalized spacial score (nSPS) is 16.5. The summed E-state index contributed by atoms with van der Waals surface area (Å²) in [4.78, 5) is 21.2. The van der Waals surface area contributed by atoms with Gasteiger partial charge in [0.25, 0.3) is 5.69 Å². The maximum absolute atomic E-state index is 10.9. The Kier molecular flexibility index (Phi) is 3.42. The zero-order valence-corrected chi connectivity index (χ0v) is 10.7. The average Bonchev–Trinajstić information content (AvgIpc) is 2.28. The molecule has 0 saturated heterocycles. The molecule has 2 N–H and O–H groups in total. The van der Waals surface area contributed by atoms with Crippen LogP contribution < -0.4 is 5.32 Å². The lowest BCUT2D eigenvalue weighted by Crippen LogP contribution is -2.46. The van der Waals surface area contributed by atoms with Gasteiger partial charge in [-0.15, -0.1) is 0 Å². The van der Waals surface area contributed by atoms with Gasteiger partial charge in [0.2, 0.25) is 0 Å². The van der Waals surface area contributed by atoms with Crippen LogP contribution in [0.25, 0.3) is 0 Å². The van der Waals surface area contributed by atoms with Crippen LogP contribution in [0, 0.1) is 17.0 Å². The summed E-state index contributed by atoms with van der Waals surface area (Å²) in [6.07, 6.45) is 2.58. The molecule has 6 heteroatoms. The first-order valence-corrected chi connectivity index (χ1v) is 6.17. The Hall–Kier alpha value is -2.11. The van der Waals surface area contributed by atoms with Crippen LogP contribution >= 0.6 is 0 Å². The van der Waals surface area contributed by atoms with E-state index >= 15 is 0 Å². The molecule has 0 aromatic heterocycles. The van der Waals surface area contributed by atoms with Gasteiger partial charge in [0.15, 0.2) is 0 Å². The Morgan fingerprint density at radius 3 is 2.68 bits per heavy atom. The molecule has 1 aromatic carbocycles. The second kappa shape index (κ2) is 4.87. The third kappa shape index (κ3) is 2.83. The van der Waals surface area contributed by atoms with Crippen molar-refractivity contribution in [1.82, 2.24) is 0 Å². The number of hydrogen-bond donors (Lipinski definition) is 2. The van der Waals surface area contributed by atoms with Crippen LogP contribution in [0.15, 0.2) is 18.2 Å². The van der Waals surface area contributed by atoms with Gasteiger partial charge in [-0.3, -0.25) is 14.9 Å². The molecule has 1 aromatic rings. The molecule has 0 unspecified atom stereocenters. The number of non-ortho nitro benzene ring substituents is 1. The first-order valence-electron chi connectivity index (χ1n) is 6.17. The number of nitrogens with zero attached hydrogens (tertiary/aromatic N) is 1. The fraction of sp³-hybridized carbons (Fsp3) is 0.462. The van der Waals surface area contributed by atoms with E-state index in [1.807, 2.05) is 6.92 Å². The van der Waals surface area contributed by atoms with Gasteiger partial charge in [0.05, 0.1) is 11.3 Å². The molecule has 1 saturated carbocycles.